The van der Waals surface area contributed by atoms with E-state index < -0.39 is 11.8 Å². The molecule has 1 aliphatic carbocycles. The van der Waals surface area contributed by atoms with Gasteiger partial charge in [-0.15, -0.1) is 0 Å². The fraction of sp³-hybridized carbons (Fsp3) is 0.611. The number of nitrogens with one attached hydrogen (secondary N) is 1. The summed E-state index contributed by atoms with van der Waals surface area (Å²) in [6.07, 6.45) is 5.17. The minimum atomic E-state index is -0.749. The molecule has 8 heteroatoms. The predicted molar refractivity (Wildman–Crippen MR) is 91.3 cm³/mol. The van der Waals surface area contributed by atoms with Crippen LogP contribution in [0.5, 0.6) is 5.88 Å². The molecule has 1 aromatic rings. The first kappa shape index (κ1) is 18.4. The van der Waals surface area contributed by atoms with Crippen molar-refractivity contribution in [3.8, 4) is 5.88 Å². The number of urea groups is 1. The number of aliphatic carboxylic acids is 1. The Balaban J connectivity index is 1.41. The third kappa shape index (κ3) is 4.62. The van der Waals surface area contributed by atoms with Gasteiger partial charge in [0.1, 0.15) is 6.10 Å². The molecule has 0 bridgehead atoms. The summed E-state index contributed by atoms with van der Waals surface area (Å²) < 4.78 is 19.2. The third-order valence-electron chi connectivity index (χ3n) is 5.14. The zero-order valence-corrected chi connectivity index (χ0v) is 14.6. The van der Waals surface area contributed by atoms with E-state index in [2.05, 4.69) is 10.3 Å². The maximum absolute atomic E-state index is 13.6. The number of halogens is 1. The lowest BCUT2D eigenvalue weighted by Crippen LogP contribution is -2.50. The molecule has 1 aromatic heterocycles. The monoisotopic (exact) mass is 365 g/mol. The molecule has 0 spiro atoms. The highest BCUT2D eigenvalue weighted by Gasteiger charge is 2.29. The summed E-state index contributed by atoms with van der Waals surface area (Å²) in [6.45, 7) is 1.07. The van der Waals surface area contributed by atoms with Crippen molar-refractivity contribution < 1.29 is 23.8 Å². The fourth-order valence-electron chi connectivity index (χ4n) is 3.54. The number of hydrogen-bond acceptors (Lipinski definition) is 4. The van der Waals surface area contributed by atoms with Crippen LogP contribution < -0.4 is 10.1 Å². The molecule has 0 atom stereocenters. The topological polar surface area (TPSA) is 91.8 Å². The minimum absolute atomic E-state index is 0.00518. The van der Waals surface area contributed by atoms with Crippen LogP contribution in [0.1, 0.15) is 38.5 Å². The summed E-state index contributed by atoms with van der Waals surface area (Å²) in [5.41, 5.74) is 0. The van der Waals surface area contributed by atoms with Gasteiger partial charge in [0, 0.05) is 38.2 Å². The quantitative estimate of drug-likeness (QED) is 0.855. The average molecular weight is 365 g/mol. The fourth-order valence-corrected chi connectivity index (χ4v) is 3.54. The van der Waals surface area contributed by atoms with Crippen LogP contribution in [0, 0.1) is 11.7 Å². The van der Waals surface area contributed by atoms with E-state index in [1.54, 1.807) is 4.90 Å². The lowest BCUT2D eigenvalue weighted by atomic mass is 9.86. The van der Waals surface area contributed by atoms with Crippen LogP contribution >= 0.6 is 0 Å². The first-order valence-corrected chi connectivity index (χ1v) is 9.08. The molecular weight excluding hydrogens is 341 g/mol. The summed E-state index contributed by atoms with van der Waals surface area (Å²) in [7, 11) is 0. The summed E-state index contributed by atoms with van der Waals surface area (Å²) in [6, 6.07) is 2.74. The van der Waals surface area contributed by atoms with Crippen LogP contribution in [0.25, 0.3) is 0 Å². The van der Waals surface area contributed by atoms with E-state index in [4.69, 9.17) is 9.84 Å². The Labute approximate surface area is 151 Å². The van der Waals surface area contributed by atoms with Crippen LogP contribution in [0.4, 0.5) is 9.18 Å². The average Bonchev–Trinajstić information content (AvgIpc) is 2.64. The van der Waals surface area contributed by atoms with Gasteiger partial charge in [0.15, 0.2) is 5.82 Å². The maximum Gasteiger partial charge on any atom is 0.317 e. The number of carboxylic acid groups (broad SMARTS) is 1. The van der Waals surface area contributed by atoms with Crippen LogP contribution in [0.15, 0.2) is 18.3 Å². The van der Waals surface area contributed by atoms with E-state index in [1.807, 2.05) is 0 Å². The Morgan fingerprint density at radius 3 is 2.50 bits per heavy atom. The molecule has 1 aliphatic heterocycles. The molecule has 142 valence electrons. The van der Waals surface area contributed by atoms with Gasteiger partial charge in [-0.3, -0.25) is 4.79 Å². The number of piperidine rings is 1. The van der Waals surface area contributed by atoms with Crippen LogP contribution in [0.2, 0.25) is 0 Å². The van der Waals surface area contributed by atoms with Gasteiger partial charge >= 0.3 is 12.0 Å². The number of rotatable bonds is 4. The normalized spacial score (nSPS) is 24.1. The Morgan fingerprint density at radius 2 is 1.88 bits per heavy atom. The molecule has 2 heterocycles. The standard InChI is InChI=1S/C18H24FN3O4/c19-15-2-1-9-20-16(15)26-14-7-10-22(11-8-14)18(25)21-13-5-3-12(4-6-13)17(23)24/h1-2,9,12-14H,3-8,10-11H2,(H,21,25)(H,23,24). The molecule has 2 amide bonds. The van der Waals surface area contributed by atoms with Gasteiger partial charge in [0.25, 0.3) is 5.88 Å². The SMILES string of the molecule is O=C(O)C1CCC(NC(=O)N2CCC(Oc3ncccc3F)CC2)CC1. The number of amides is 2. The van der Waals surface area contributed by atoms with Gasteiger partial charge in [-0.05, 0) is 37.8 Å². The summed E-state index contributed by atoms with van der Waals surface area (Å²) in [5, 5.41) is 12.0. The Kier molecular flexibility index (Phi) is 5.90. The maximum atomic E-state index is 13.6. The zero-order valence-electron chi connectivity index (χ0n) is 14.6. The summed E-state index contributed by atoms with van der Waals surface area (Å²) in [5.74, 6) is -1.51. The van der Waals surface area contributed by atoms with Gasteiger partial charge in [0.2, 0.25) is 0 Å². The zero-order chi connectivity index (χ0) is 18.5. The van der Waals surface area contributed by atoms with E-state index in [-0.39, 0.29) is 30.0 Å². The number of carbonyl (C=O) groups is 2. The number of ether oxygens (including phenoxy) is 1. The number of hydrogen-bond donors (Lipinski definition) is 2. The lowest BCUT2D eigenvalue weighted by Gasteiger charge is -2.34. The summed E-state index contributed by atoms with van der Waals surface area (Å²) in [4.78, 5) is 29.0. The molecule has 26 heavy (non-hydrogen) atoms. The smallest absolute Gasteiger partial charge is 0.317 e. The largest absolute Gasteiger partial charge is 0.481 e. The molecule has 2 N–H and O–H groups in total. The Morgan fingerprint density at radius 1 is 1.19 bits per heavy atom. The molecule has 0 aromatic carbocycles. The van der Waals surface area contributed by atoms with Crippen molar-refractivity contribution in [2.45, 2.75) is 50.7 Å². The highest BCUT2D eigenvalue weighted by atomic mass is 19.1. The highest BCUT2D eigenvalue weighted by molar-refractivity contribution is 5.75. The Bertz CT molecular complexity index is 641. The molecule has 0 radical (unpaired) electrons. The molecule has 2 fully saturated rings. The van der Waals surface area contributed by atoms with Crippen LogP contribution in [-0.2, 0) is 4.79 Å². The van der Waals surface area contributed by atoms with Crippen molar-refractivity contribution in [3.05, 3.63) is 24.1 Å². The minimum Gasteiger partial charge on any atom is -0.481 e. The van der Waals surface area contributed by atoms with E-state index in [0.29, 0.717) is 51.6 Å². The molecular formula is C18H24FN3O4. The van der Waals surface area contributed by atoms with Gasteiger partial charge in [0.05, 0.1) is 5.92 Å². The van der Waals surface area contributed by atoms with Crippen molar-refractivity contribution in [3.63, 3.8) is 0 Å². The number of pyridine rings is 1. The summed E-state index contributed by atoms with van der Waals surface area (Å²) >= 11 is 0. The highest BCUT2D eigenvalue weighted by Crippen LogP contribution is 2.25. The first-order valence-electron chi connectivity index (χ1n) is 9.08. The van der Waals surface area contributed by atoms with Crippen molar-refractivity contribution in [2.75, 3.05) is 13.1 Å². The first-order chi connectivity index (χ1) is 12.5. The molecule has 7 nitrogen and oxygen atoms in total. The third-order valence-corrected chi connectivity index (χ3v) is 5.14. The second-order valence-electron chi connectivity index (χ2n) is 6.93. The number of carbonyl (C=O) groups excluding carboxylic acids is 1. The number of likely N-dealkylation sites (tertiary alicyclic amines) is 1. The van der Waals surface area contributed by atoms with E-state index >= 15 is 0 Å². The van der Waals surface area contributed by atoms with Crippen molar-refractivity contribution in [1.29, 1.82) is 0 Å². The van der Waals surface area contributed by atoms with Crippen LogP contribution in [0.3, 0.4) is 0 Å². The molecule has 1 saturated carbocycles. The van der Waals surface area contributed by atoms with Gasteiger partial charge in [-0.1, -0.05) is 0 Å². The van der Waals surface area contributed by atoms with Gasteiger partial charge in [-0.25, -0.2) is 14.2 Å². The second-order valence-corrected chi connectivity index (χ2v) is 6.93. The van der Waals surface area contributed by atoms with E-state index in [0.717, 1.165) is 0 Å². The number of carboxylic acids is 1. The lowest BCUT2D eigenvalue weighted by molar-refractivity contribution is -0.142. The van der Waals surface area contributed by atoms with Crippen molar-refractivity contribution in [1.82, 2.24) is 15.2 Å². The van der Waals surface area contributed by atoms with Gasteiger partial charge in [-0.2, -0.15) is 0 Å². The molecule has 1 saturated heterocycles. The van der Waals surface area contributed by atoms with E-state index in [1.165, 1.54) is 18.3 Å². The van der Waals surface area contributed by atoms with E-state index in [9.17, 15) is 14.0 Å². The van der Waals surface area contributed by atoms with Crippen molar-refractivity contribution >= 4 is 12.0 Å². The predicted octanol–water partition coefficient (Wildman–Crippen LogP) is 2.42. The number of aromatic nitrogens is 1. The molecule has 2 aliphatic rings. The van der Waals surface area contributed by atoms with Crippen LogP contribution in [-0.4, -0.2) is 52.2 Å². The number of nitrogens with zero attached hydrogens (tertiary/aromatic N) is 2. The second kappa shape index (κ2) is 8.33. The molecule has 3 rings (SSSR count). The van der Waals surface area contributed by atoms with Gasteiger partial charge < -0.3 is 20.1 Å². The van der Waals surface area contributed by atoms with Crippen molar-refractivity contribution in [2.24, 2.45) is 5.92 Å². The Hall–Kier alpha value is -2.38. The molecule has 0 unspecified atom stereocenters.